The van der Waals surface area contributed by atoms with Crippen molar-refractivity contribution in [3.05, 3.63) is 36.0 Å². The molecule has 0 bridgehead atoms. The second-order valence-corrected chi connectivity index (χ2v) is 6.90. The molecular formula is C19H22N4O2. The first-order chi connectivity index (χ1) is 12.0. The highest BCUT2D eigenvalue weighted by Gasteiger charge is 2.36. The number of benzene rings is 1. The summed E-state index contributed by atoms with van der Waals surface area (Å²) in [5.41, 5.74) is 0.479. The summed E-state index contributed by atoms with van der Waals surface area (Å²) in [4.78, 5) is 27.5. The highest BCUT2D eigenvalue weighted by molar-refractivity contribution is 5.99. The number of nitriles is 1. The van der Waals surface area contributed by atoms with Crippen LogP contribution in [0.3, 0.4) is 0 Å². The smallest absolute Gasteiger partial charge is 0.268 e. The molecule has 1 heterocycles. The molecule has 0 radical (unpaired) electrons. The summed E-state index contributed by atoms with van der Waals surface area (Å²) in [6, 6.07) is 11.6. The average Bonchev–Trinajstić information content (AvgIpc) is 3.04. The summed E-state index contributed by atoms with van der Waals surface area (Å²) in [6.45, 7) is 1.95. The van der Waals surface area contributed by atoms with E-state index in [0.29, 0.717) is 24.5 Å². The first kappa shape index (κ1) is 17.0. The highest BCUT2D eigenvalue weighted by Crippen LogP contribution is 2.31. The van der Waals surface area contributed by atoms with Gasteiger partial charge in [-0.1, -0.05) is 31.5 Å². The zero-order chi connectivity index (χ0) is 17.9. The molecule has 25 heavy (non-hydrogen) atoms. The zero-order valence-electron chi connectivity index (χ0n) is 14.3. The Hall–Kier alpha value is -2.81. The Bertz CT molecular complexity index is 802. The van der Waals surface area contributed by atoms with Crippen molar-refractivity contribution < 1.29 is 9.59 Å². The molecule has 6 nitrogen and oxygen atoms in total. The van der Waals surface area contributed by atoms with Crippen LogP contribution in [0.5, 0.6) is 0 Å². The second kappa shape index (κ2) is 6.98. The van der Waals surface area contributed by atoms with Crippen molar-refractivity contribution in [2.75, 3.05) is 6.54 Å². The van der Waals surface area contributed by atoms with E-state index in [-0.39, 0.29) is 18.4 Å². The van der Waals surface area contributed by atoms with Gasteiger partial charge in [0.15, 0.2) is 0 Å². The van der Waals surface area contributed by atoms with Crippen LogP contribution < -0.4 is 10.6 Å². The molecule has 2 amide bonds. The second-order valence-electron chi connectivity index (χ2n) is 6.90. The van der Waals surface area contributed by atoms with Crippen molar-refractivity contribution in [2.24, 2.45) is 5.92 Å². The van der Waals surface area contributed by atoms with E-state index in [0.717, 1.165) is 23.7 Å². The van der Waals surface area contributed by atoms with Crippen molar-refractivity contribution in [3.63, 3.8) is 0 Å². The third kappa shape index (κ3) is 3.82. The average molecular weight is 338 g/mol. The van der Waals surface area contributed by atoms with Crippen molar-refractivity contribution >= 4 is 22.7 Å². The van der Waals surface area contributed by atoms with Gasteiger partial charge in [-0.3, -0.25) is 9.59 Å². The molecule has 3 N–H and O–H groups in total. The van der Waals surface area contributed by atoms with Crippen molar-refractivity contribution in [1.82, 2.24) is 15.6 Å². The lowest BCUT2D eigenvalue weighted by Gasteiger charge is -2.35. The molecule has 0 spiro atoms. The lowest BCUT2D eigenvalue weighted by molar-refractivity contribution is -0.121. The number of carbonyl (C=O) groups is 2. The van der Waals surface area contributed by atoms with Gasteiger partial charge in [-0.25, -0.2) is 0 Å². The highest BCUT2D eigenvalue weighted by atomic mass is 16.2. The number of carbonyl (C=O) groups excluding carboxylic acids is 2. The van der Waals surface area contributed by atoms with Crippen LogP contribution in [0.2, 0.25) is 0 Å². The molecule has 0 unspecified atom stereocenters. The molecule has 130 valence electrons. The van der Waals surface area contributed by atoms with Crippen molar-refractivity contribution in [3.8, 4) is 6.07 Å². The van der Waals surface area contributed by atoms with E-state index in [2.05, 4.69) is 28.6 Å². The van der Waals surface area contributed by atoms with Crippen LogP contribution in [0, 0.1) is 17.2 Å². The van der Waals surface area contributed by atoms with Gasteiger partial charge in [0.2, 0.25) is 5.91 Å². The number of nitrogens with zero attached hydrogens (tertiary/aromatic N) is 1. The summed E-state index contributed by atoms with van der Waals surface area (Å²) >= 11 is 0. The number of amides is 2. The Morgan fingerprint density at radius 1 is 1.40 bits per heavy atom. The van der Waals surface area contributed by atoms with E-state index in [9.17, 15) is 14.9 Å². The van der Waals surface area contributed by atoms with Gasteiger partial charge in [0.25, 0.3) is 5.91 Å². The number of para-hydroxylation sites is 1. The number of H-pyrrole nitrogens is 1. The Labute approximate surface area is 146 Å². The molecule has 1 saturated carbocycles. The molecular weight excluding hydrogens is 316 g/mol. The van der Waals surface area contributed by atoms with E-state index >= 15 is 0 Å². The van der Waals surface area contributed by atoms with E-state index in [1.165, 1.54) is 0 Å². The molecule has 1 aromatic heterocycles. The minimum atomic E-state index is -0.805. The standard InChI is InChI=1S/C19H22N4O2/c1-13-5-4-8-19(10-13,12-20)23-17(24)11-21-18(25)16-9-14-6-2-3-7-15(14)22-16/h2-3,6-7,9,13,22H,4-5,8,10-11H2,1H3,(H,21,25)(H,23,24)/t13-,19+/m0/s1. The van der Waals surface area contributed by atoms with Gasteiger partial charge >= 0.3 is 0 Å². The fourth-order valence-corrected chi connectivity index (χ4v) is 3.56. The van der Waals surface area contributed by atoms with Gasteiger partial charge < -0.3 is 15.6 Å². The van der Waals surface area contributed by atoms with Gasteiger partial charge in [-0.05, 0) is 37.3 Å². The Kier molecular flexibility index (Phi) is 4.75. The summed E-state index contributed by atoms with van der Waals surface area (Å²) < 4.78 is 0. The summed E-state index contributed by atoms with van der Waals surface area (Å²) in [5, 5.41) is 15.9. The fourth-order valence-electron chi connectivity index (χ4n) is 3.56. The van der Waals surface area contributed by atoms with Gasteiger partial charge in [0, 0.05) is 10.9 Å². The molecule has 1 aliphatic rings. The topological polar surface area (TPSA) is 97.8 Å². The number of hydrogen-bond acceptors (Lipinski definition) is 3. The van der Waals surface area contributed by atoms with E-state index in [1.807, 2.05) is 24.3 Å². The minimum absolute atomic E-state index is 0.147. The molecule has 0 saturated heterocycles. The normalized spacial score (nSPS) is 23.0. The number of nitrogens with one attached hydrogen (secondary N) is 3. The van der Waals surface area contributed by atoms with Crippen LogP contribution >= 0.6 is 0 Å². The first-order valence-corrected chi connectivity index (χ1v) is 8.59. The van der Waals surface area contributed by atoms with Crippen LogP contribution in [0.1, 0.15) is 43.1 Å². The number of rotatable bonds is 4. The van der Waals surface area contributed by atoms with Crippen LogP contribution in [0.15, 0.2) is 30.3 Å². The maximum atomic E-state index is 12.2. The molecule has 0 aliphatic heterocycles. The van der Waals surface area contributed by atoms with Gasteiger partial charge in [0.05, 0.1) is 12.6 Å². The summed E-state index contributed by atoms with van der Waals surface area (Å²) in [7, 11) is 0. The Morgan fingerprint density at radius 2 is 2.20 bits per heavy atom. The van der Waals surface area contributed by atoms with Gasteiger partial charge in [-0.15, -0.1) is 0 Å². The lowest BCUT2D eigenvalue weighted by Crippen LogP contribution is -2.52. The molecule has 1 aromatic carbocycles. The van der Waals surface area contributed by atoms with Crippen LogP contribution in [0.4, 0.5) is 0 Å². The maximum Gasteiger partial charge on any atom is 0.268 e. The zero-order valence-corrected chi connectivity index (χ0v) is 14.3. The van der Waals surface area contributed by atoms with Gasteiger partial charge in [-0.2, -0.15) is 5.26 Å². The van der Waals surface area contributed by atoms with Gasteiger partial charge in [0.1, 0.15) is 11.2 Å². The third-order valence-electron chi connectivity index (χ3n) is 4.77. The SMILES string of the molecule is C[C@H]1CCC[C@@](C#N)(NC(=O)CNC(=O)c2cc3ccccc3[nH]2)C1. The first-order valence-electron chi connectivity index (χ1n) is 8.59. The minimum Gasteiger partial charge on any atom is -0.351 e. The predicted molar refractivity (Wildman–Crippen MR) is 94.8 cm³/mol. The van der Waals surface area contributed by atoms with E-state index in [1.54, 1.807) is 6.07 Å². The Balaban J connectivity index is 1.58. The van der Waals surface area contributed by atoms with Crippen LogP contribution in [-0.2, 0) is 4.79 Å². The Morgan fingerprint density at radius 3 is 2.92 bits per heavy atom. The quantitative estimate of drug-likeness (QED) is 0.799. The third-order valence-corrected chi connectivity index (χ3v) is 4.77. The number of aromatic nitrogens is 1. The van der Waals surface area contributed by atoms with Crippen molar-refractivity contribution in [2.45, 2.75) is 38.1 Å². The number of aromatic amines is 1. The molecule has 2 atom stereocenters. The molecule has 6 heteroatoms. The van der Waals surface area contributed by atoms with Crippen LogP contribution in [-0.4, -0.2) is 28.9 Å². The maximum absolute atomic E-state index is 12.2. The monoisotopic (exact) mass is 338 g/mol. The fraction of sp³-hybridized carbons (Fsp3) is 0.421. The summed E-state index contributed by atoms with van der Waals surface area (Å²) in [6.07, 6.45) is 3.33. The van der Waals surface area contributed by atoms with Crippen molar-refractivity contribution in [1.29, 1.82) is 5.26 Å². The summed E-state index contributed by atoms with van der Waals surface area (Å²) in [5.74, 6) is -0.260. The molecule has 1 fully saturated rings. The van der Waals surface area contributed by atoms with E-state index < -0.39 is 5.54 Å². The predicted octanol–water partition coefficient (Wildman–Crippen LogP) is 2.49. The molecule has 2 aromatic rings. The number of fused-ring (bicyclic) bond motifs is 1. The van der Waals surface area contributed by atoms with E-state index in [4.69, 9.17) is 0 Å². The molecule has 1 aliphatic carbocycles. The van der Waals surface area contributed by atoms with Crippen LogP contribution in [0.25, 0.3) is 10.9 Å². The number of hydrogen-bond donors (Lipinski definition) is 3. The largest absolute Gasteiger partial charge is 0.351 e. The lowest BCUT2D eigenvalue weighted by atomic mass is 9.77. The molecule has 3 rings (SSSR count).